The first-order chi connectivity index (χ1) is 11.2. The summed E-state index contributed by atoms with van der Waals surface area (Å²) in [6.07, 6.45) is 8.39. The standard InChI is InChI=1S/C21H20O2/c1-23-19-5-3-14-7-16-10-20(22)21(11-13-2-4-18(21)6-13)12-17(16)8-15(14)9-19/h2-5,7-9,13,18H,6,10-12H2,1H3. The molecule has 0 amide bonds. The van der Waals surface area contributed by atoms with Crippen molar-refractivity contribution in [3.05, 3.63) is 53.6 Å². The van der Waals surface area contributed by atoms with E-state index in [1.54, 1.807) is 7.11 Å². The normalized spacial score (nSPS) is 31.1. The highest BCUT2D eigenvalue weighted by molar-refractivity contribution is 5.93. The van der Waals surface area contributed by atoms with Gasteiger partial charge in [0.1, 0.15) is 11.5 Å². The third-order valence-corrected chi connectivity index (χ3v) is 6.29. The molecular formula is C21H20O2. The Labute approximate surface area is 136 Å². The van der Waals surface area contributed by atoms with Gasteiger partial charge in [0.15, 0.2) is 0 Å². The zero-order chi connectivity index (χ0) is 15.6. The van der Waals surface area contributed by atoms with Crippen LogP contribution in [0.15, 0.2) is 42.5 Å². The lowest BCUT2D eigenvalue weighted by atomic mass is 9.63. The number of rotatable bonds is 1. The van der Waals surface area contributed by atoms with Crippen molar-refractivity contribution in [2.45, 2.75) is 25.7 Å². The molecule has 2 aromatic rings. The minimum atomic E-state index is -0.112. The average molecular weight is 304 g/mol. The van der Waals surface area contributed by atoms with Crippen molar-refractivity contribution in [1.29, 1.82) is 0 Å². The van der Waals surface area contributed by atoms with Crippen molar-refractivity contribution >= 4 is 16.6 Å². The van der Waals surface area contributed by atoms with Gasteiger partial charge in [-0.3, -0.25) is 4.79 Å². The molecule has 3 aliphatic carbocycles. The predicted molar refractivity (Wildman–Crippen MR) is 90.7 cm³/mol. The summed E-state index contributed by atoms with van der Waals surface area (Å²) < 4.78 is 5.35. The minimum Gasteiger partial charge on any atom is -0.497 e. The Bertz CT molecular complexity index is 864. The van der Waals surface area contributed by atoms with Gasteiger partial charge in [-0.25, -0.2) is 0 Å². The Morgan fingerprint density at radius 3 is 2.70 bits per heavy atom. The first-order valence-corrected chi connectivity index (χ1v) is 8.49. The summed E-state index contributed by atoms with van der Waals surface area (Å²) in [6.45, 7) is 0. The molecule has 23 heavy (non-hydrogen) atoms. The summed E-state index contributed by atoms with van der Waals surface area (Å²) in [6, 6.07) is 10.7. The number of hydrogen-bond donors (Lipinski definition) is 0. The highest BCUT2D eigenvalue weighted by atomic mass is 16.5. The van der Waals surface area contributed by atoms with E-state index in [-0.39, 0.29) is 5.41 Å². The average Bonchev–Trinajstić information content (AvgIpc) is 3.15. The maximum absolute atomic E-state index is 13.0. The molecule has 3 unspecified atom stereocenters. The fourth-order valence-electron chi connectivity index (χ4n) is 5.09. The van der Waals surface area contributed by atoms with Gasteiger partial charge in [-0.05, 0) is 65.1 Å². The zero-order valence-corrected chi connectivity index (χ0v) is 13.3. The van der Waals surface area contributed by atoms with Crippen molar-refractivity contribution in [2.24, 2.45) is 17.3 Å². The Hall–Kier alpha value is -2.09. The van der Waals surface area contributed by atoms with Crippen LogP contribution >= 0.6 is 0 Å². The third-order valence-electron chi connectivity index (χ3n) is 6.29. The molecule has 1 spiro atoms. The quantitative estimate of drug-likeness (QED) is 0.742. The second-order valence-corrected chi connectivity index (χ2v) is 7.46. The molecule has 0 aromatic heterocycles. The van der Waals surface area contributed by atoms with Crippen LogP contribution in [0.4, 0.5) is 0 Å². The second-order valence-electron chi connectivity index (χ2n) is 7.46. The molecule has 3 aliphatic rings. The highest BCUT2D eigenvalue weighted by Crippen LogP contribution is 2.56. The molecule has 0 heterocycles. The van der Waals surface area contributed by atoms with E-state index in [1.165, 1.54) is 28.3 Å². The molecule has 0 N–H and O–H groups in total. The number of carbonyl (C=O) groups is 1. The largest absolute Gasteiger partial charge is 0.497 e. The number of allylic oxidation sites excluding steroid dienone is 2. The molecule has 0 saturated heterocycles. The van der Waals surface area contributed by atoms with Gasteiger partial charge < -0.3 is 4.74 Å². The van der Waals surface area contributed by atoms with Crippen LogP contribution in [0.3, 0.4) is 0 Å². The molecule has 5 rings (SSSR count). The smallest absolute Gasteiger partial charge is 0.144 e. The van der Waals surface area contributed by atoms with Crippen LogP contribution in [-0.2, 0) is 17.6 Å². The number of carbonyl (C=O) groups excluding carboxylic acids is 1. The Morgan fingerprint density at radius 1 is 1.09 bits per heavy atom. The lowest BCUT2D eigenvalue weighted by molar-refractivity contribution is -0.130. The number of Topliss-reactive ketones (excluding diaryl/α,β-unsaturated/α-hetero) is 1. The number of benzene rings is 2. The molecule has 2 aromatic carbocycles. The van der Waals surface area contributed by atoms with E-state index >= 15 is 0 Å². The lowest BCUT2D eigenvalue weighted by Crippen LogP contribution is -2.41. The molecular weight excluding hydrogens is 284 g/mol. The van der Waals surface area contributed by atoms with Crippen LogP contribution in [0.25, 0.3) is 10.8 Å². The molecule has 2 heteroatoms. The van der Waals surface area contributed by atoms with Crippen LogP contribution in [0, 0.1) is 17.3 Å². The van der Waals surface area contributed by atoms with Crippen LogP contribution < -0.4 is 4.74 Å². The van der Waals surface area contributed by atoms with Crippen molar-refractivity contribution in [3.8, 4) is 5.75 Å². The maximum Gasteiger partial charge on any atom is 0.144 e. The van der Waals surface area contributed by atoms with Gasteiger partial charge in [0.25, 0.3) is 0 Å². The van der Waals surface area contributed by atoms with Gasteiger partial charge in [-0.15, -0.1) is 0 Å². The first-order valence-electron chi connectivity index (χ1n) is 8.49. The van der Waals surface area contributed by atoms with Gasteiger partial charge in [-0.2, -0.15) is 0 Å². The molecule has 2 bridgehead atoms. The molecule has 3 atom stereocenters. The topological polar surface area (TPSA) is 26.3 Å². The molecule has 0 aliphatic heterocycles. The van der Waals surface area contributed by atoms with Gasteiger partial charge in [0, 0.05) is 11.8 Å². The molecule has 1 fully saturated rings. The number of fused-ring (bicyclic) bond motifs is 5. The Balaban J connectivity index is 1.63. The van der Waals surface area contributed by atoms with Crippen LogP contribution in [-0.4, -0.2) is 12.9 Å². The summed E-state index contributed by atoms with van der Waals surface area (Å²) in [5.41, 5.74) is 2.48. The van der Waals surface area contributed by atoms with Crippen LogP contribution in [0.1, 0.15) is 24.0 Å². The zero-order valence-electron chi connectivity index (χ0n) is 13.3. The molecule has 116 valence electrons. The van der Waals surface area contributed by atoms with Crippen molar-refractivity contribution in [1.82, 2.24) is 0 Å². The van der Waals surface area contributed by atoms with E-state index in [9.17, 15) is 4.79 Å². The SMILES string of the molecule is COc1ccc2cc3c(cc2c1)CC1(CC2C=CC1C2)C(=O)C3. The van der Waals surface area contributed by atoms with Crippen molar-refractivity contribution < 1.29 is 9.53 Å². The van der Waals surface area contributed by atoms with E-state index < -0.39 is 0 Å². The minimum absolute atomic E-state index is 0.112. The Morgan fingerprint density at radius 2 is 1.96 bits per heavy atom. The highest BCUT2D eigenvalue weighted by Gasteiger charge is 2.54. The number of ether oxygens (including phenoxy) is 1. The summed E-state index contributed by atoms with van der Waals surface area (Å²) in [4.78, 5) is 13.0. The van der Waals surface area contributed by atoms with E-state index in [0.29, 0.717) is 24.0 Å². The van der Waals surface area contributed by atoms with Crippen molar-refractivity contribution in [2.75, 3.05) is 7.11 Å². The van der Waals surface area contributed by atoms with E-state index in [2.05, 4.69) is 36.4 Å². The summed E-state index contributed by atoms with van der Waals surface area (Å²) >= 11 is 0. The second kappa shape index (κ2) is 4.47. The maximum atomic E-state index is 13.0. The molecule has 1 saturated carbocycles. The number of ketones is 1. The summed E-state index contributed by atoms with van der Waals surface area (Å²) in [7, 11) is 1.70. The van der Waals surface area contributed by atoms with Crippen LogP contribution in [0.5, 0.6) is 5.75 Å². The van der Waals surface area contributed by atoms with Crippen LogP contribution in [0.2, 0.25) is 0 Å². The lowest BCUT2D eigenvalue weighted by Gasteiger charge is -2.38. The fourth-order valence-corrected chi connectivity index (χ4v) is 5.09. The van der Waals surface area contributed by atoms with Gasteiger partial charge in [0.05, 0.1) is 7.11 Å². The van der Waals surface area contributed by atoms with E-state index in [1.807, 2.05) is 6.07 Å². The van der Waals surface area contributed by atoms with Gasteiger partial charge in [-0.1, -0.05) is 30.4 Å². The third kappa shape index (κ3) is 1.78. The van der Waals surface area contributed by atoms with Gasteiger partial charge >= 0.3 is 0 Å². The Kier molecular flexibility index (Phi) is 2.60. The monoisotopic (exact) mass is 304 g/mol. The summed E-state index contributed by atoms with van der Waals surface area (Å²) in [5.74, 6) is 2.46. The van der Waals surface area contributed by atoms with Crippen molar-refractivity contribution in [3.63, 3.8) is 0 Å². The first kappa shape index (κ1) is 13.4. The predicted octanol–water partition coefficient (Wildman–Crippen LogP) is 4.10. The number of methoxy groups -OCH3 is 1. The summed E-state index contributed by atoms with van der Waals surface area (Å²) in [5, 5.41) is 2.41. The number of hydrogen-bond acceptors (Lipinski definition) is 2. The molecule has 0 radical (unpaired) electrons. The van der Waals surface area contributed by atoms with Gasteiger partial charge in [0.2, 0.25) is 0 Å². The fraction of sp³-hybridized carbons (Fsp3) is 0.381. The van der Waals surface area contributed by atoms with E-state index in [4.69, 9.17) is 4.74 Å². The molecule has 2 nitrogen and oxygen atoms in total. The van der Waals surface area contributed by atoms with E-state index in [0.717, 1.165) is 18.6 Å².